The van der Waals surface area contributed by atoms with Crippen LogP contribution in [0.25, 0.3) is 10.6 Å². The summed E-state index contributed by atoms with van der Waals surface area (Å²) in [5.41, 5.74) is 1.90. The number of amides is 1. The first-order valence-electron chi connectivity index (χ1n) is 7.94. The summed E-state index contributed by atoms with van der Waals surface area (Å²) in [7, 11) is 0. The van der Waals surface area contributed by atoms with E-state index in [0.717, 1.165) is 34.1 Å². The van der Waals surface area contributed by atoms with Gasteiger partial charge in [0.1, 0.15) is 11.5 Å². The molecule has 0 aliphatic rings. The van der Waals surface area contributed by atoms with Gasteiger partial charge in [0.25, 0.3) is 0 Å². The molecule has 3 aromatic rings. The highest BCUT2D eigenvalue weighted by Gasteiger charge is 2.11. The van der Waals surface area contributed by atoms with Gasteiger partial charge in [-0.15, -0.1) is 11.3 Å². The first-order valence-corrected chi connectivity index (χ1v) is 8.76. The summed E-state index contributed by atoms with van der Waals surface area (Å²) in [6.07, 6.45) is 3.61. The Morgan fingerprint density at radius 2 is 2.12 bits per heavy atom. The Bertz CT molecular complexity index is 783. The number of aromatic nitrogens is 1. The monoisotopic (exact) mass is 344 g/mol. The Kier molecular flexibility index (Phi) is 5.15. The number of thiophene rings is 1. The van der Waals surface area contributed by atoms with Crippen LogP contribution in [0.4, 0.5) is 0 Å². The SMILES string of the molecule is Cc1noc(C)c1CCC(=O)NCCc1ccc(-c2ccco2)s1. The van der Waals surface area contributed by atoms with Crippen LogP contribution in [0.5, 0.6) is 0 Å². The summed E-state index contributed by atoms with van der Waals surface area (Å²) >= 11 is 1.69. The molecule has 0 radical (unpaired) electrons. The molecule has 3 rings (SSSR count). The second kappa shape index (κ2) is 7.49. The normalized spacial score (nSPS) is 10.9. The van der Waals surface area contributed by atoms with Crippen LogP contribution >= 0.6 is 11.3 Å². The molecule has 0 saturated heterocycles. The van der Waals surface area contributed by atoms with Crippen molar-refractivity contribution in [2.75, 3.05) is 6.54 Å². The fourth-order valence-electron chi connectivity index (χ4n) is 2.57. The van der Waals surface area contributed by atoms with Crippen LogP contribution in [0.3, 0.4) is 0 Å². The molecule has 3 heterocycles. The molecule has 0 fully saturated rings. The van der Waals surface area contributed by atoms with Crippen LogP contribution in [0.15, 0.2) is 39.5 Å². The molecule has 5 nitrogen and oxygen atoms in total. The van der Waals surface area contributed by atoms with Gasteiger partial charge in [-0.2, -0.15) is 0 Å². The molecule has 0 saturated carbocycles. The van der Waals surface area contributed by atoms with E-state index in [4.69, 9.17) is 8.94 Å². The van der Waals surface area contributed by atoms with Crippen LogP contribution in [0, 0.1) is 13.8 Å². The largest absolute Gasteiger partial charge is 0.464 e. The van der Waals surface area contributed by atoms with E-state index in [0.29, 0.717) is 19.4 Å². The number of hydrogen-bond donors (Lipinski definition) is 1. The van der Waals surface area contributed by atoms with E-state index in [1.165, 1.54) is 4.88 Å². The van der Waals surface area contributed by atoms with Gasteiger partial charge < -0.3 is 14.3 Å². The molecule has 126 valence electrons. The molecular formula is C18H20N2O3S. The van der Waals surface area contributed by atoms with Crippen molar-refractivity contribution in [1.29, 1.82) is 0 Å². The number of nitrogens with zero attached hydrogens (tertiary/aromatic N) is 1. The van der Waals surface area contributed by atoms with Crippen molar-refractivity contribution >= 4 is 17.2 Å². The van der Waals surface area contributed by atoms with Crippen LogP contribution in [-0.2, 0) is 17.6 Å². The number of nitrogens with one attached hydrogen (secondary N) is 1. The Labute approximate surface area is 144 Å². The van der Waals surface area contributed by atoms with Crippen molar-refractivity contribution in [2.24, 2.45) is 0 Å². The predicted molar refractivity (Wildman–Crippen MR) is 93.0 cm³/mol. The van der Waals surface area contributed by atoms with Crippen LogP contribution in [-0.4, -0.2) is 17.6 Å². The lowest BCUT2D eigenvalue weighted by molar-refractivity contribution is -0.121. The molecule has 1 amide bonds. The maximum atomic E-state index is 12.0. The van der Waals surface area contributed by atoms with E-state index >= 15 is 0 Å². The maximum absolute atomic E-state index is 12.0. The summed E-state index contributed by atoms with van der Waals surface area (Å²) in [4.78, 5) is 14.3. The number of hydrogen-bond acceptors (Lipinski definition) is 5. The smallest absolute Gasteiger partial charge is 0.220 e. The van der Waals surface area contributed by atoms with Crippen molar-refractivity contribution in [3.63, 3.8) is 0 Å². The molecule has 0 aliphatic heterocycles. The highest BCUT2D eigenvalue weighted by Crippen LogP contribution is 2.28. The number of carbonyl (C=O) groups excluding carboxylic acids is 1. The van der Waals surface area contributed by atoms with Gasteiger partial charge in [0, 0.05) is 23.4 Å². The molecule has 0 aromatic carbocycles. The van der Waals surface area contributed by atoms with E-state index in [9.17, 15) is 4.79 Å². The van der Waals surface area contributed by atoms with Gasteiger partial charge in [-0.25, -0.2) is 0 Å². The van der Waals surface area contributed by atoms with Gasteiger partial charge in [0.2, 0.25) is 5.91 Å². The summed E-state index contributed by atoms with van der Waals surface area (Å²) in [5, 5.41) is 6.88. The fraction of sp³-hybridized carbons (Fsp3) is 0.333. The molecule has 0 spiro atoms. The predicted octanol–water partition coefficient (Wildman–Crippen LogP) is 3.90. The standard InChI is InChI=1S/C18H20N2O3S/c1-12-15(13(2)23-20-12)6-8-18(21)19-10-9-14-5-7-17(24-14)16-4-3-11-22-16/h3-5,7,11H,6,8-10H2,1-2H3,(H,19,21). The maximum Gasteiger partial charge on any atom is 0.220 e. The number of aryl methyl sites for hydroxylation is 2. The number of carbonyl (C=O) groups is 1. The topological polar surface area (TPSA) is 68.3 Å². The Morgan fingerprint density at radius 3 is 2.83 bits per heavy atom. The zero-order chi connectivity index (χ0) is 16.9. The highest BCUT2D eigenvalue weighted by molar-refractivity contribution is 7.15. The number of rotatable bonds is 7. The third-order valence-electron chi connectivity index (χ3n) is 3.90. The molecular weight excluding hydrogens is 324 g/mol. The Hall–Kier alpha value is -2.34. The molecule has 3 aromatic heterocycles. The lowest BCUT2D eigenvalue weighted by atomic mass is 10.1. The second-order valence-corrected chi connectivity index (χ2v) is 6.81. The summed E-state index contributed by atoms with van der Waals surface area (Å²) in [6, 6.07) is 7.97. The van der Waals surface area contributed by atoms with Gasteiger partial charge in [0.15, 0.2) is 0 Å². The molecule has 6 heteroatoms. The summed E-state index contributed by atoms with van der Waals surface area (Å²) in [5.74, 6) is 1.73. The minimum Gasteiger partial charge on any atom is -0.464 e. The zero-order valence-electron chi connectivity index (χ0n) is 13.8. The first kappa shape index (κ1) is 16.5. The summed E-state index contributed by atoms with van der Waals surface area (Å²) < 4.78 is 10.5. The lowest BCUT2D eigenvalue weighted by Crippen LogP contribution is -2.25. The van der Waals surface area contributed by atoms with Crippen molar-refractivity contribution in [2.45, 2.75) is 33.1 Å². The van der Waals surface area contributed by atoms with Gasteiger partial charge in [-0.05, 0) is 51.0 Å². The Balaban J connectivity index is 1.42. The average molecular weight is 344 g/mol. The van der Waals surface area contributed by atoms with E-state index in [1.54, 1.807) is 17.6 Å². The van der Waals surface area contributed by atoms with E-state index in [1.807, 2.05) is 26.0 Å². The van der Waals surface area contributed by atoms with Gasteiger partial charge >= 0.3 is 0 Å². The second-order valence-electron chi connectivity index (χ2n) is 5.65. The van der Waals surface area contributed by atoms with Crippen LogP contribution in [0.1, 0.15) is 28.3 Å². The minimum absolute atomic E-state index is 0.0535. The first-order chi connectivity index (χ1) is 11.6. The molecule has 1 N–H and O–H groups in total. The molecule has 0 aliphatic carbocycles. The van der Waals surface area contributed by atoms with Gasteiger partial charge in [-0.3, -0.25) is 4.79 Å². The third kappa shape index (κ3) is 3.94. The van der Waals surface area contributed by atoms with Crippen molar-refractivity contribution in [3.05, 3.63) is 52.4 Å². The van der Waals surface area contributed by atoms with E-state index in [2.05, 4.69) is 22.6 Å². The summed E-state index contributed by atoms with van der Waals surface area (Å²) in [6.45, 7) is 4.41. The van der Waals surface area contributed by atoms with Crippen molar-refractivity contribution in [3.8, 4) is 10.6 Å². The van der Waals surface area contributed by atoms with E-state index in [-0.39, 0.29) is 5.91 Å². The molecule has 24 heavy (non-hydrogen) atoms. The van der Waals surface area contributed by atoms with Crippen LogP contribution < -0.4 is 5.32 Å². The lowest BCUT2D eigenvalue weighted by Gasteiger charge is -2.04. The van der Waals surface area contributed by atoms with Gasteiger partial charge in [-0.1, -0.05) is 5.16 Å². The van der Waals surface area contributed by atoms with Crippen molar-refractivity contribution in [1.82, 2.24) is 10.5 Å². The zero-order valence-corrected chi connectivity index (χ0v) is 14.6. The average Bonchev–Trinajstić information content (AvgIpc) is 3.28. The molecule has 0 atom stereocenters. The minimum atomic E-state index is 0.0535. The Morgan fingerprint density at radius 1 is 1.25 bits per heavy atom. The highest BCUT2D eigenvalue weighted by atomic mass is 32.1. The van der Waals surface area contributed by atoms with Crippen molar-refractivity contribution < 1.29 is 13.7 Å². The fourth-order valence-corrected chi connectivity index (χ4v) is 3.55. The van der Waals surface area contributed by atoms with Gasteiger partial charge in [0.05, 0.1) is 16.8 Å². The number of furan rings is 1. The van der Waals surface area contributed by atoms with E-state index < -0.39 is 0 Å². The van der Waals surface area contributed by atoms with Crippen LogP contribution in [0.2, 0.25) is 0 Å². The molecule has 0 unspecified atom stereocenters. The molecule has 0 bridgehead atoms. The third-order valence-corrected chi connectivity index (χ3v) is 5.06. The quantitative estimate of drug-likeness (QED) is 0.706.